The molecule has 1 aliphatic rings. The van der Waals surface area contributed by atoms with Gasteiger partial charge in [0.2, 0.25) is 0 Å². The normalized spacial score (nSPS) is 18.2. The van der Waals surface area contributed by atoms with E-state index in [4.69, 9.17) is 0 Å². The number of imidazole rings is 1. The van der Waals surface area contributed by atoms with Gasteiger partial charge in [-0.25, -0.2) is 4.98 Å². The zero-order valence-electron chi connectivity index (χ0n) is 9.43. The van der Waals surface area contributed by atoms with Crippen LogP contribution in [-0.4, -0.2) is 9.97 Å². The third-order valence-corrected chi connectivity index (χ3v) is 3.14. The highest BCUT2D eigenvalue weighted by Gasteiger charge is 2.21. The summed E-state index contributed by atoms with van der Waals surface area (Å²) in [6.07, 6.45) is 7.35. The van der Waals surface area contributed by atoms with E-state index in [-0.39, 0.29) is 5.41 Å². The molecule has 78 valence electrons. The molecule has 2 rings (SSSR count). The van der Waals surface area contributed by atoms with Crippen LogP contribution >= 0.6 is 0 Å². The number of nitrogens with one attached hydrogen (secondary N) is 1. The molecule has 0 amide bonds. The Labute approximate surface area is 86.1 Å². The summed E-state index contributed by atoms with van der Waals surface area (Å²) in [5.41, 5.74) is 1.46. The zero-order chi connectivity index (χ0) is 10.2. The predicted molar refractivity (Wildman–Crippen MR) is 58.3 cm³/mol. The van der Waals surface area contributed by atoms with E-state index in [1.54, 1.807) is 0 Å². The molecule has 0 aliphatic heterocycles. The van der Waals surface area contributed by atoms with Gasteiger partial charge in [0.05, 0.1) is 0 Å². The lowest BCUT2D eigenvalue weighted by molar-refractivity contribution is 0.309. The van der Waals surface area contributed by atoms with E-state index in [2.05, 4.69) is 30.7 Å². The average Bonchev–Trinajstić information content (AvgIpc) is 2.43. The van der Waals surface area contributed by atoms with E-state index < -0.39 is 0 Å². The highest BCUT2D eigenvalue weighted by molar-refractivity contribution is 5.11. The molecule has 0 aromatic carbocycles. The Morgan fingerprint density at radius 1 is 1.43 bits per heavy atom. The molecule has 0 bridgehead atoms. The summed E-state index contributed by atoms with van der Waals surface area (Å²) in [7, 11) is 0. The first-order valence-corrected chi connectivity index (χ1v) is 5.60. The molecule has 1 aliphatic carbocycles. The number of rotatable bonds is 2. The second-order valence-electron chi connectivity index (χ2n) is 5.49. The standard InChI is InChI=1S/C12H20N2/c1-12(2,3)10-8-13-11(14-10)7-9-5-4-6-9/h8-9H,4-7H2,1-3H3,(H,13,14). The van der Waals surface area contributed by atoms with Crippen molar-refractivity contribution in [1.82, 2.24) is 9.97 Å². The molecule has 0 spiro atoms. The first-order chi connectivity index (χ1) is 6.55. The summed E-state index contributed by atoms with van der Waals surface area (Å²) in [6.45, 7) is 6.65. The maximum Gasteiger partial charge on any atom is 0.106 e. The smallest absolute Gasteiger partial charge is 0.106 e. The van der Waals surface area contributed by atoms with Gasteiger partial charge in [0.1, 0.15) is 5.82 Å². The summed E-state index contributed by atoms with van der Waals surface area (Å²) in [6, 6.07) is 0. The molecule has 0 saturated heterocycles. The number of hydrogen-bond donors (Lipinski definition) is 1. The van der Waals surface area contributed by atoms with Crippen LogP contribution in [0, 0.1) is 5.92 Å². The van der Waals surface area contributed by atoms with E-state index in [1.807, 2.05) is 6.20 Å². The van der Waals surface area contributed by atoms with E-state index >= 15 is 0 Å². The van der Waals surface area contributed by atoms with Gasteiger partial charge in [-0.1, -0.05) is 40.0 Å². The van der Waals surface area contributed by atoms with E-state index in [1.165, 1.54) is 30.8 Å². The van der Waals surface area contributed by atoms with Gasteiger partial charge < -0.3 is 4.98 Å². The highest BCUT2D eigenvalue weighted by atomic mass is 14.9. The number of nitrogens with zero attached hydrogens (tertiary/aromatic N) is 1. The minimum Gasteiger partial charge on any atom is -0.345 e. The molecule has 1 aromatic rings. The molecule has 0 atom stereocenters. The molecular weight excluding hydrogens is 172 g/mol. The predicted octanol–water partition coefficient (Wildman–Crippen LogP) is 3.05. The lowest BCUT2D eigenvalue weighted by atomic mass is 9.83. The molecule has 0 unspecified atom stereocenters. The van der Waals surface area contributed by atoms with Gasteiger partial charge in [0, 0.05) is 23.7 Å². The van der Waals surface area contributed by atoms with Gasteiger partial charge in [-0.2, -0.15) is 0 Å². The molecule has 1 heterocycles. The molecule has 2 nitrogen and oxygen atoms in total. The van der Waals surface area contributed by atoms with Gasteiger partial charge in [-0.05, 0) is 5.92 Å². The van der Waals surface area contributed by atoms with E-state index in [0.29, 0.717) is 0 Å². The molecule has 14 heavy (non-hydrogen) atoms. The van der Waals surface area contributed by atoms with Crippen LogP contribution in [-0.2, 0) is 11.8 Å². The van der Waals surface area contributed by atoms with Crippen LogP contribution in [0.25, 0.3) is 0 Å². The quantitative estimate of drug-likeness (QED) is 0.766. The maximum atomic E-state index is 4.45. The Kier molecular flexibility index (Phi) is 2.38. The van der Waals surface area contributed by atoms with Crippen LogP contribution in [0.5, 0.6) is 0 Å². The number of hydrogen-bond acceptors (Lipinski definition) is 1. The lowest BCUT2D eigenvalue weighted by Gasteiger charge is -2.24. The van der Waals surface area contributed by atoms with Crippen LogP contribution in [0.4, 0.5) is 0 Å². The highest BCUT2D eigenvalue weighted by Crippen LogP contribution is 2.29. The van der Waals surface area contributed by atoms with Crippen molar-refractivity contribution in [2.75, 3.05) is 0 Å². The molecule has 1 aromatic heterocycles. The summed E-state index contributed by atoms with van der Waals surface area (Å²) in [4.78, 5) is 7.89. The van der Waals surface area contributed by atoms with Crippen molar-refractivity contribution in [3.63, 3.8) is 0 Å². The van der Waals surface area contributed by atoms with E-state index in [0.717, 1.165) is 12.3 Å². The summed E-state index contributed by atoms with van der Waals surface area (Å²) < 4.78 is 0. The zero-order valence-corrected chi connectivity index (χ0v) is 9.43. The van der Waals surface area contributed by atoms with Crippen molar-refractivity contribution in [3.05, 3.63) is 17.7 Å². The molecule has 2 heteroatoms. The largest absolute Gasteiger partial charge is 0.345 e. The van der Waals surface area contributed by atoms with Crippen molar-refractivity contribution in [3.8, 4) is 0 Å². The minimum atomic E-state index is 0.199. The average molecular weight is 192 g/mol. The first-order valence-electron chi connectivity index (χ1n) is 5.60. The Balaban J connectivity index is 2.02. The Bertz CT molecular complexity index is 302. The van der Waals surface area contributed by atoms with Gasteiger partial charge in [-0.15, -0.1) is 0 Å². The molecule has 1 fully saturated rings. The Morgan fingerprint density at radius 3 is 2.57 bits per heavy atom. The summed E-state index contributed by atoms with van der Waals surface area (Å²) in [5, 5.41) is 0. The lowest BCUT2D eigenvalue weighted by Crippen LogP contribution is -2.15. The van der Waals surface area contributed by atoms with Crippen LogP contribution in [0.1, 0.15) is 51.6 Å². The second-order valence-corrected chi connectivity index (χ2v) is 5.49. The fraction of sp³-hybridized carbons (Fsp3) is 0.750. The summed E-state index contributed by atoms with van der Waals surface area (Å²) >= 11 is 0. The van der Waals surface area contributed by atoms with Crippen LogP contribution in [0.2, 0.25) is 0 Å². The third kappa shape index (κ3) is 1.99. The molecule has 1 N–H and O–H groups in total. The first kappa shape index (κ1) is 9.75. The van der Waals surface area contributed by atoms with Crippen molar-refractivity contribution in [2.45, 2.75) is 51.9 Å². The fourth-order valence-electron chi connectivity index (χ4n) is 1.82. The molecule has 1 saturated carbocycles. The van der Waals surface area contributed by atoms with Crippen LogP contribution in [0.15, 0.2) is 6.20 Å². The SMILES string of the molecule is CC(C)(C)c1cnc(CC2CCC2)[nH]1. The van der Waals surface area contributed by atoms with Gasteiger partial charge >= 0.3 is 0 Å². The second kappa shape index (κ2) is 3.41. The van der Waals surface area contributed by atoms with Crippen LogP contribution < -0.4 is 0 Å². The number of aromatic nitrogens is 2. The van der Waals surface area contributed by atoms with Gasteiger partial charge in [0.25, 0.3) is 0 Å². The fourth-order valence-corrected chi connectivity index (χ4v) is 1.82. The Morgan fingerprint density at radius 2 is 2.14 bits per heavy atom. The monoisotopic (exact) mass is 192 g/mol. The number of aromatic amines is 1. The van der Waals surface area contributed by atoms with Crippen LogP contribution in [0.3, 0.4) is 0 Å². The topological polar surface area (TPSA) is 28.7 Å². The molecule has 0 radical (unpaired) electrons. The third-order valence-electron chi connectivity index (χ3n) is 3.14. The maximum absolute atomic E-state index is 4.45. The summed E-state index contributed by atoms with van der Waals surface area (Å²) in [5.74, 6) is 2.08. The van der Waals surface area contributed by atoms with Crippen molar-refractivity contribution < 1.29 is 0 Å². The van der Waals surface area contributed by atoms with Gasteiger partial charge in [-0.3, -0.25) is 0 Å². The van der Waals surface area contributed by atoms with Crippen molar-refractivity contribution >= 4 is 0 Å². The number of H-pyrrole nitrogens is 1. The minimum absolute atomic E-state index is 0.199. The van der Waals surface area contributed by atoms with E-state index in [9.17, 15) is 0 Å². The van der Waals surface area contributed by atoms with Crippen molar-refractivity contribution in [1.29, 1.82) is 0 Å². The van der Waals surface area contributed by atoms with Gasteiger partial charge in [0.15, 0.2) is 0 Å². The van der Waals surface area contributed by atoms with Crippen molar-refractivity contribution in [2.24, 2.45) is 5.92 Å². The molecular formula is C12H20N2. The Hall–Kier alpha value is -0.790.